The van der Waals surface area contributed by atoms with Crippen LogP contribution in [0.15, 0.2) is 41.8 Å². The molecule has 1 unspecified atom stereocenters. The minimum Gasteiger partial charge on any atom is -0.479 e. The number of terminal acetylenes is 1. The molecule has 0 radical (unpaired) electrons. The third-order valence-electron chi connectivity index (χ3n) is 4.31. The van der Waals surface area contributed by atoms with Gasteiger partial charge in [-0.1, -0.05) is 23.6 Å². The average molecular weight is 381 g/mol. The zero-order valence-corrected chi connectivity index (χ0v) is 14.7. The molecule has 0 aromatic heterocycles. The fourth-order valence-corrected chi connectivity index (χ4v) is 3.37. The third kappa shape index (κ3) is 2.87. The van der Waals surface area contributed by atoms with Crippen LogP contribution in [-0.2, 0) is 0 Å². The maximum Gasteiger partial charge on any atom is 0.231 e. The Morgan fingerprint density at radius 3 is 2.70 bits per heavy atom. The molecule has 2 heterocycles. The van der Waals surface area contributed by atoms with Crippen LogP contribution < -0.4 is 24.7 Å². The van der Waals surface area contributed by atoms with Gasteiger partial charge in [-0.05, 0) is 23.8 Å². The van der Waals surface area contributed by atoms with Crippen LogP contribution in [0.4, 0.5) is 0 Å². The average Bonchev–Trinajstić information content (AvgIpc) is 3.11. The lowest BCUT2D eigenvalue weighted by molar-refractivity contribution is 0.174. The summed E-state index contributed by atoms with van der Waals surface area (Å²) in [4.78, 5) is 0. The number of ether oxygens (including phenoxy) is 4. The second-order valence-corrected chi connectivity index (χ2v) is 6.26. The molecule has 0 bridgehead atoms. The van der Waals surface area contributed by atoms with Crippen molar-refractivity contribution in [3.8, 4) is 41.4 Å². The molecule has 27 heavy (non-hydrogen) atoms. The summed E-state index contributed by atoms with van der Waals surface area (Å²) in [7, 11) is 0. The first-order valence-corrected chi connectivity index (χ1v) is 8.37. The van der Waals surface area contributed by atoms with Crippen LogP contribution in [0.5, 0.6) is 23.0 Å². The first-order valence-electron chi connectivity index (χ1n) is 7.99. The zero-order chi connectivity index (χ0) is 19.0. The van der Waals surface area contributed by atoms with Gasteiger partial charge in [-0.3, -0.25) is 0 Å². The lowest BCUT2D eigenvalue weighted by atomic mass is 9.83. The van der Waals surface area contributed by atoms with E-state index < -0.39 is 5.92 Å². The molecule has 2 aromatic carbocycles. The van der Waals surface area contributed by atoms with E-state index >= 15 is 0 Å². The number of nitrogens with two attached hydrogens (primary N) is 1. The van der Waals surface area contributed by atoms with Crippen molar-refractivity contribution in [1.29, 1.82) is 5.26 Å². The van der Waals surface area contributed by atoms with E-state index in [0.717, 1.165) is 11.1 Å². The highest BCUT2D eigenvalue weighted by atomic mass is 35.5. The number of nitriles is 1. The number of hydrogen-bond acceptors (Lipinski definition) is 6. The Hall–Kier alpha value is -3.48. The van der Waals surface area contributed by atoms with Crippen LogP contribution in [0.25, 0.3) is 0 Å². The second-order valence-electron chi connectivity index (χ2n) is 5.85. The second kappa shape index (κ2) is 6.68. The minimum absolute atomic E-state index is 0.0395. The Balaban J connectivity index is 1.83. The van der Waals surface area contributed by atoms with Crippen molar-refractivity contribution in [3.63, 3.8) is 0 Å². The number of benzene rings is 2. The van der Waals surface area contributed by atoms with E-state index in [1.807, 2.05) is 6.07 Å². The van der Waals surface area contributed by atoms with Crippen molar-refractivity contribution in [2.24, 2.45) is 5.73 Å². The lowest BCUT2D eigenvalue weighted by Gasteiger charge is -2.27. The molecule has 2 aliphatic heterocycles. The van der Waals surface area contributed by atoms with Crippen LogP contribution in [0.1, 0.15) is 17.0 Å². The van der Waals surface area contributed by atoms with Crippen molar-refractivity contribution in [2.45, 2.75) is 5.92 Å². The van der Waals surface area contributed by atoms with Gasteiger partial charge >= 0.3 is 0 Å². The molecular weight excluding hydrogens is 368 g/mol. The van der Waals surface area contributed by atoms with Gasteiger partial charge in [0.05, 0.1) is 10.9 Å². The van der Waals surface area contributed by atoms with Gasteiger partial charge in [-0.15, -0.1) is 6.42 Å². The first kappa shape index (κ1) is 17.0. The first-order chi connectivity index (χ1) is 13.1. The topological polar surface area (TPSA) is 86.7 Å². The standard InChI is InChI=1S/C20H13ClN2O4/c1-2-5-24-15-4-3-11(6-14(15)21)19-12-7-17-18(26-10-25-17)8-16(12)27-20(23)13(19)9-22/h1,3-4,6-8,19H,5,10,23H2. The molecule has 1 atom stereocenters. The van der Waals surface area contributed by atoms with Crippen LogP contribution in [0.2, 0.25) is 5.02 Å². The fraction of sp³-hybridized carbons (Fsp3) is 0.150. The highest BCUT2D eigenvalue weighted by Crippen LogP contribution is 2.48. The number of hydrogen-bond donors (Lipinski definition) is 1. The number of allylic oxidation sites excluding steroid dienone is 1. The molecule has 6 nitrogen and oxygen atoms in total. The summed E-state index contributed by atoms with van der Waals surface area (Å²) in [5.41, 5.74) is 7.78. The van der Waals surface area contributed by atoms with Gasteiger partial charge in [0.1, 0.15) is 29.7 Å². The third-order valence-corrected chi connectivity index (χ3v) is 4.61. The molecule has 2 aliphatic rings. The summed E-state index contributed by atoms with van der Waals surface area (Å²) in [5, 5.41) is 10.0. The summed E-state index contributed by atoms with van der Waals surface area (Å²) in [5.74, 6) is 4.08. The van der Waals surface area contributed by atoms with Gasteiger partial charge in [0.2, 0.25) is 12.7 Å². The fourth-order valence-electron chi connectivity index (χ4n) is 3.12. The summed E-state index contributed by atoms with van der Waals surface area (Å²) in [6.07, 6.45) is 5.21. The Kier molecular flexibility index (Phi) is 4.19. The van der Waals surface area contributed by atoms with Crippen molar-refractivity contribution in [3.05, 3.63) is 57.9 Å². The van der Waals surface area contributed by atoms with Crippen LogP contribution in [-0.4, -0.2) is 13.4 Å². The molecule has 2 aromatic rings. The highest BCUT2D eigenvalue weighted by Gasteiger charge is 2.33. The molecule has 0 spiro atoms. The minimum atomic E-state index is -0.465. The van der Waals surface area contributed by atoms with Crippen molar-refractivity contribution < 1.29 is 18.9 Å². The van der Waals surface area contributed by atoms with E-state index in [-0.39, 0.29) is 24.9 Å². The lowest BCUT2D eigenvalue weighted by Crippen LogP contribution is -2.21. The molecule has 4 rings (SSSR count). The molecule has 0 amide bonds. The van der Waals surface area contributed by atoms with Gasteiger partial charge in [-0.25, -0.2) is 0 Å². The van der Waals surface area contributed by atoms with E-state index in [1.54, 1.807) is 24.3 Å². The molecule has 0 fully saturated rings. The van der Waals surface area contributed by atoms with Gasteiger partial charge in [-0.2, -0.15) is 5.26 Å². The molecule has 0 aliphatic carbocycles. The maximum absolute atomic E-state index is 9.65. The van der Waals surface area contributed by atoms with E-state index in [1.165, 1.54) is 0 Å². The molecular formula is C20H13ClN2O4. The summed E-state index contributed by atoms with van der Waals surface area (Å²) < 4.78 is 21.9. The summed E-state index contributed by atoms with van der Waals surface area (Å²) in [6.45, 7) is 0.239. The van der Waals surface area contributed by atoms with Gasteiger partial charge in [0, 0.05) is 11.6 Å². The number of halogens is 1. The van der Waals surface area contributed by atoms with E-state index in [2.05, 4.69) is 12.0 Å². The summed E-state index contributed by atoms with van der Waals surface area (Å²) in [6, 6.07) is 10.9. The largest absolute Gasteiger partial charge is 0.479 e. The Bertz CT molecular complexity index is 1050. The van der Waals surface area contributed by atoms with Gasteiger partial charge < -0.3 is 24.7 Å². The molecule has 0 saturated heterocycles. The van der Waals surface area contributed by atoms with Crippen LogP contribution in [0.3, 0.4) is 0 Å². The normalized spacial score (nSPS) is 16.8. The highest BCUT2D eigenvalue weighted by molar-refractivity contribution is 6.32. The zero-order valence-electron chi connectivity index (χ0n) is 14.0. The molecule has 2 N–H and O–H groups in total. The predicted molar refractivity (Wildman–Crippen MR) is 97.6 cm³/mol. The van der Waals surface area contributed by atoms with Crippen molar-refractivity contribution >= 4 is 11.6 Å². The molecule has 7 heteroatoms. The van der Waals surface area contributed by atoms with Crippen LogP contribution >= 0.6 is 11.6 Å². The predicted octanol–water partition coefficient (Wildman–Crippen LogP) is 3.30. The van der Waals surface area contributed by atoms with E-state index in [0.29, 0.717) is 28.0 Å². The van der Waals surface area contributed by atoms with Crippen molar-refractivity contribution in [1.82, 2.24) is 0 Å². The van der Waals surface area contributed by atoms with E-state index in [4.69, 9.17) is 42.7 Å². The summed E-state index contributed by atoms with van der Waals surface area (Å²) >= 11 is 6.33. The quantitative estimate of drug-likeness (QED) is 0.822. The van der Waals surface area contributed by atoms with E-state index in [9.17, 15) is 5.26 Å². The number of nitrogens with zero attached hydrogens (tertiary/aromatic N) is 1. The van der Waals surface area contributed by atoms with Gasteiger partial charge in [0.25, 0.3) is 0 Å². The SMILES string of the molecule is C#CCOc1ccc(C2C(C#N)=C(N)Oc3cc4c(cc32)OCO4)cc1Cl. The monoisotopic (exact) mass is 380 g/mol. The van der Waals surface area contributed by atoms with Crippen molar-refractivity contribution in [2.75, 3.05) is 13.4 Å². The molecule has 134 valence electrons. The maximum atomic E-state index is 9.65. The Morgan fingerprint density at radius 2 is 2.00 bits per heavy atom. The number of fused-ring (bicyclic) bond motifs is 2. The smallest absolute Gasteiger partial charge is 0.231 e. The Morgan fingerprint density at radius 1 is 1.22 bits per heavy atom. The molecule has 0 saturated carbocycles. The van der Waals surface area contributed by atoms with Gasteiger partial charge in [0.15, 0.2) is 11.5 Å². The number of rotatable bonds is 3. The van der Waals surface area contributed by atoms with Crippen LogP contribution in [0, 0.1) is 23.7 Å². The Labute approximate surface area is 160 Å².